The van der Waals surface area contributed by atoms with E-state index in [0.29, 0.717) is 19.5 Å². The van der Waals surface area contributed by atoms with E-state index in [2.05, 4.69) is 10.3 Å². The van der Waals surface area contributed by atoms with Crippen molar-refractivity contribution in [2.75, 3.05) is 13.1 Å². The molecule has 0 amide bonds. The average Bonchev–Trinajstić information content (AvgIpc) is 2.01. The van der Waals surface area contributed by atoms with Gasteiger partial charge in [-0.3, -0.25) is 10.4 Å². The van der Waals surface area contributed by atoms with Crippen LogP contribution in [0.2, 0.25) is 0 Å². The first-order valence-corrected chi connectivity index (χ1v) is 3.92. The molecule has 0 fully saturated rings. The zero-order valence-corrected chi connectivity index (χ0v) is 7.46. The van der Waals surface area contributed by atoms with Crippen LogP contribution in [0.15, 0.2) is 4.99 Å². The SMILES string of the molecule is N=C(N)NC(CN)CCN=C(N)N. The fraction of sp³-hybridized carbons (Fsp3) is 0.667. The van der Waals surface area contributed by atoms with Gasteiger partial charge in [0.15, 0.2) is 11.9 Å². The van der Waals surface area contributed by atoms with Gasteiger partial charge in [-0.15, -0.1) is 0 Å². The highest BCUT2D eigenvalue weighted by Gasteiger charge is 2.05. The zero-order valence-electron chi connectivity index (χ0n) is 7.46. The van der Waals surface area contributed by atoms with Crippen molar-refractivity contribution in [2.45, 2.75) is 12.5 Å². The summed E-state index contributed by atoms with van der Waals surface area (Å²) < 4.78 is 0. The van der Waals surface area contributed by atoms with Crippen molar-refractivity contribution in [3.63, 3.8) is 0 Å². The van der Waals surface area contributed by atoms with Crippen LogP contribution in [0.1, 0.15) is 6.42 Å². The van der Waals surface area contributed by atoms with Crippen molar-refractivity contribution >= 4 is 11.9 Å². The van der Waals surface area contributed by atoms with Crippen LogP contribution in [-0.4, -0.2) is 31.1 Å². The van der Waals surface area contributed by atoms with Crippen molar-refractivity contribution in [1.29, 1.82) is 5.41 Å². The van der Waals surface area contributed by atoms with Gasteiger partial charge in [0, 0.05) is 19.1 Å². The minimum absolute atomic E-state index is 0.0543. The number of nitrogens with one attached hydrogen (secondary N) is 2. The lowest BCUT2D eigenvalue weighted by atomic mass is 10.2. The van der Waals surface area contributed by atoms with Crippen LogP contribution < -0.4 is 28.3 Å². The summed E-state index contributed by atoms with van der Waals surface area (Å²) in [5.41, 5.74) is 20.8. The van der Waals surface area contributed by atoms with Gasteiger partial charge in [0.05, 0.1) is 0 Å². The average molecular weight is 187 g/mol. The molecule has 0 aliphatic heterocycles. The molecule has 1 unspecified atom stereocenters. The Bertz CT molecular complexity index is 183. The second-order valence-electron chi connectivity index (χ2n) is 2.59. The molecule has 0 aromatic carbocycles. The molecule has 0 radical (unpaired) electrons. The Balaban J connectivity index is 3.72. The lowest BCUT2D eigenvalue weighted by Gasteiger charge is -2.14. The summed E-state index contributed by atoms with van der Waals surface area (Å²) >= 11 is 0. The van der Waals surface area contributed by atoms with E-state index in [9.17, 15) is 0 Å². The van der Waals surface area contributed by atoms with Crippen LogP contribution in [0.5, 0.6) is 0 Å². The first-order chi connectivity index (χ1) is 6.06. The van der Waals surface area contributed by atoms with Crippen molar-refractivity contribution in [2.24, 2.45) is 27.9 Å². The molecule has 0 saturated carbocycles. The zero-order chi connectivity index (χ0) is 10.3. The quantitative estimate of drug-likeness (QED) is 0.207. The van der Waals surface area contributed by atoms with Gasteiger partial charge in [-0.1, -0.05) is 0 Å². The van der Waals surface area contributed by atoms with Crippen molar-refractivity contribution in [3.05, 3.63) is 0 Å². The van der Waals surface area contributed by atoms with E-state index in [1.165, 1.54) is 0 Å². The van der Waals surface area contributed by atoms with E-state index in [4.69, 9.17) is 28.3 Å². The van der Waals surface area contributed by atoms with E-state index >= 15 is 0 Å². The Morgan fingerprint density at radius 1 is 1.38 bits per heavy atom. The van der Waals surface area contributed by atoms with Gasteiger partial charge in [0.2, 0.25) is 0 Å². The molecule has 0 saturated heterocycles. The highest BCUT2D eigenvalue weighted by Crippen LogP contribution is 1.89. The second-order valence-corrected chi connectivity index (χ2v) is 2.59. The Morgan fingerprint density at radius 3 is 2.38 bits per heavy atom. The Labute approximate surface area is 77.1 Å². The van der Waals surface area contributed by atoms with E-state index in [1.54, 1.807) is 0 Å². The third-order valence-electron chi connectivity index (χ3n) is 1.42. The second kappa shape index (κ2) is 6.06. The summed E-state index contributed by atoms with van der Waals surface area (Å²) in [6, 6.07) is -0.0550. The summed E-state index contributed by atoms with van der Waals surface area (Å²) in [5.74, 6) is -0.0428. The third-order valence-corrected chi connectivity index (χ3v) is 1.42. The summed E-state index contributed by atoms with van der Waals surface area (Å²) in [6.07, 6.45) is 0.647. The van der Waals surface area contributed by atoms with Crippen LogP contribution in [-0.2, 0) is 0 Å². The maximum atomic E-state index is 6.97. The van der Waals surface area contributed by atoms with Gasteiger partial charge in [-0.05, 0) is 6.42 Å². The topological polar surface area (TPSA) is 152 Å². The van der Waals surface area contributed by atoms with Crippen molar-refractivity contribution in [3.8, 4) is 0 Å². The van der Waals surface area contributed by atoms with Crippen LogP contribution in [0, 0.1) is 5.41 Å². The lowest BCUT2D eigenvalue weighted by molar-refractivity contribution is 0.573. The molecule has 13 heavy (non-hydrogen) atoms. The molecule has 7 nitrogen and oxygen atoms in total. The molecular formula is C6H17N7. The Hall–Kier alpha value is -1.50. The number of guanidine groups is 2. The molecule has 76 valence electrons. The molecule has 0 rings (SSSR count). The minimum atomic E-state index is -0.0971. The van der Waals surface area contributed by atoms with Crippen LogP contribution in [0.25, 0.3) is 0 Å². The maximum Gasteiger partial charge on any atom is 0.185 e. The van der Waals surface area contributed by atoms with Crippen LogP contribution in [0.3, 0.4) is 0 Å². The smallest absolute Gasteiger partial charge is 0.185 e. The van der Waals surface area contributed by atoms with Gasteiger partial charge >= 0.3 is 0 Å². The maximum absolute atomic E-state index is 6.97. The number of aliphatic imine (C=N–C) groups is 1. The molecule has 1 atom stereocenters. The normalized spacial score (nSPS) is 11.8. The Kier molecular flexibility index (Phi) is 5.37. The number of hydrogen-bond donors (Lipinski definition) is 6. The van der Waals surface area contributed by atoms with Crippen molar-refractivity contribution < 1.29 is 0 Å². The van der Waals surface area contributed by atoms with E-state index in [1.807, 2.05) is 0 Å². The molecule has 0 spiro atoms. The molecule has 0 aliphatic rings. The predicted molar refractivity (Wildman–Crippen MR) is 53.2 cm³/mol. The molecule has 0 heterocycles. The summed E-state index contributed by atoms with van der Waals surface area (Å²) in [4.78, 5) is 3.78. The van der Waals surface area contributed by atoms with E-state index in [0.717, 1.165) is 0 Å². The van der Waals surface area contributed by atoms with Gasteiger partial charge in [-0.25, -0.2) is 0 Å². The third kappa shape index (κ3) is 6.88. The summed E-state index contributed by atoms with van der Waals surface area (Å²) in [7, 11) is 0. The van der Waals surface area contributed by atoms with Gasteiger partial charge in [0.25, 0.3) is 0 Å². The molecule has 10 N–H and O–H groups in total. The fourth-order valence-corrected chi connectivity index (χ4v) is 0.818. The van der Waals surface area contributed by atoms with Crippen LogP contribution >= 0.6 is 0 Å². The summed E-state index contributed by atoms with van der Waals surface area (Å²) in [5, 5.41) is 9.66. The van der Waals surface area contributed by atoms with Gasteiger partial charge < -0.3 is 28.3 Å². The van der Waals surface area contributed by atoms with Gasteiger partial charge in [0.1, 0.15) is 0 Å². The highest BCUT2D eigenvalue weighted by molar-refractivity contribution is 5.75. The van der Waals surface area contributed by atoms with E-state index in [-0.39, 0.29) is 18.0 Å². The van der Waals surface area contributed by atoms with Crippen LogP contribution in [0.4, 0.5) is 0 Å². The number of nitrogens with two attached hydrogens (primary N) is 4. The molecule has 0 bridgehead atoms. The molecule has 0 aliphatic carbocycles. The van der Waals surface area contributed by atoms with E-state index < -0.39 is 0 Å². The molecule has 0 aromatic heterocycles. The molecule has 0 aromatic rings. The van der Waals surface area contributed by atoms with Gasteiger partial charge in [-0.2, -0.15) is 0 Å². The first-order valence-electron chi connectivity index (χ1n) is 3.92. The standard InChI is InChI=1S/C6H17N7/c7-3-4(13-6(10)11)1-2-12-5(8)9/h4H,1-3,7H2,(H4,8,9,12)(H4,10,11,13). The fourth-order valence-electron chi connectivity index (χ4n) is 0.818. The first kappa shape index (κ1) is 11.5. The molecule has 7 heteroatoms. The summed E-state index contributed by atoms with van der Waals surface area (Å²) in [6.45, 7) is 0.865. The monoisotopic (exact) mass is 187 g/mol. The highest BCUT2D eigenvalue weighted by atomic mass is 15.1. The largest absolute Gasteiger partial charge is 0.370 e. The predicted octanol–water partition coefficient (Wildman–Crippen LogP) is -2.54. The van der Waals surface area contributed by atoms with Crippen molar-refractivity contribution in [1.82, 2.24) is 5.32 Å². The number of rotatable bonds is 5. The molecular weight excluding hydrogens is 170 g/mol. The Morgan fingerprint density at radius 2 is 2.00 bits per heavy atom. The lowest BCUT2D eigenvalue weighted by Crippen LogP contribution is -2.44. The minimum Gasteiger partial charge on any atom is -0.370 e. The number of hydrogen-bond acceptors (Lipinski definition) is 3. The number of nitrogens with zero attached hydrogens (tertiary/aromatic N) is 1.